The number of nitrogens with zero attached hydrogens (tertiary/aromatic N) is 1. The second-order valence-corrected chi connectivity index (χ2v) is 6.38. The summed E-state index contributed by atoms with van der Waals surface area (Å²) in [4.78, 5) is 4.19. The molecule has 1 fully saturated rings. The maximum absolute atomic E-state index is 12.2. The van der Waals surface area contributed by atoms with Crippen molar-refractivity contribution < 1.29 is 13.2 Å². The van der Waals surface area contributed by atoms with Crippen LogP contribution in [-0.4, -0.2) is 39.7 Å². The molecule has 0 aliphatic carbocycles. The van der Waals surface area contributed by atoms with Crippen LogP contribution in [0.1, 0.15) is 13.3 Å². The van der Waals surface area contributed by atoms with Crippen LogP contribution in [0.4, 0.5) is 5.82 Å². The first-order valence-corrected chi connectivity index (χ1v) is 7.75. The Hall–Kier alpha value is -1.18. The van der Waals surface area contributed by atoms with E-state index in [-0.39, 0.29) is 16.9 Å². The van der Waals surface area contributed by atoms with E-state index in [1.54, 1.807) is 19.2 Å². The van der Waals surface area contributed by atoms with Gasteiger partial charge in [-0.3, -0.25) is 0 Å². The van der Waals surface area contributed by atoms with Gasteiger partial charge in [0.15, 0.2) is 0 Å². The minimum absolute atomic E-state index is 0.142. The van der Waals surface area contributed by atoms with Crippen LogP contribution in [0.2, 0.25) is 0 Å². The van der Waals surface area contributed by atoms with Gasteiger partial charge in [0.2, 0.25) is 10.0 Å². The van der Waals surface area contributed by atoms with Crippen molar-refractivity contribution in [1.29, 1.82) is 0 Å². The molecule has 1 saturated heterocycles. The van der Waals surface area contributed by atoms with Gasteiger partial charge in [-0.15, -0.1) is 0 Å². The Labute approximate surface area is 113 Å². The third-order valence-electron chi connectivity index (χ3n) is 3.32. The largest absolute Gasteiger partial charge is 0.381 e. The first-order chi connectivity index (χ1) is 9.03. The molecule has 1 aromatic rings. The zero-order valence-corrected chi connectivity index (χ0v) is 11.9. The number of sulfonamides is 1. The van der Waals surface area contributed by atoms with Crippen LogP contribution in [0.15, 0.2) is 23.2 Å². The lowest BCUT2D eigenvalue weighted by Crippen LogP contribution is -2.38. The van der Waals surface area contributed by atoms with Crippen molar-refractivity contribution in [3.8, 4) is 0 Å². The van der Waals surface area contributed by atoms with E-state index in [0.29, 0.717) is 19.0 Å². The van der Waals surface area contributed by atoms with Crippen molar-refractivity contribution in [2.45, 2.75) is 24.3 Å². The second kappa shape index (κ2) is 5.85. The van der Waals surface area contributed by atoms with Crippen LogP contribution >= 0.6 is 0 Å². The normalized spacial score (nSPS) is 21.3. The lowest BCUT2D eigenvalue weighted by Gasteiger charge is -2.19. The maximum atomic E-state index is 12.2. The van der Waals surface area contributed by atoms with Gasteiger partial charge in [0.05, 0.1) is 6.61 Å². The average Bonchev–Trinajstić information content (AvgIpc) is 2.92. The topological polar surface area (TPSA) is 80.3 Å². The van der Waals surface area contributed by atoms with Gasteiger partial charge in [-0.05, 0) is 25.5 Å². The Kier molecular flexibility index (Phi) is 4.38. The third-order valence-corrected chi connectivity index (χ3v) is 4.86. The molecule has 0 bridgehead atoms. The summed E-state index contributed by atoms with van der Waals surface area (Å²) in [6, 6.07) is 3.04. The molecule has 1 aromatic heterocycles. The predicted octanol–water partition coefficient (Wildman–Crippen LogP) is 0.827. The monoisotopic (exact) mass is 285 g/mol. The predicted molar refractivity (Wildman–Crippen MR) is 72.5 cm³/mol. The van der Waals surface area contributed by atoms with E-state index >= 15 is 0 Å². The van der Waals surface area contributed by atoms with Gasteiger partial charge in [0.1, 0.15) is 10.7 Å². The first kappa shape index (κ1) is 14.2. The highest BCUT2D eigenvalue weighted by atomic mass is 32.2. The van der Waals surface area contributed by atoms with Gasteiger partial charge in [0.25, 0.3) is 0 Å². The van der Waals surface area contributed by atoms with Crippen molar-refractivity contribution in [2.24, 2.45) is 5.92 Å². The Morgan fingerprint density at radius 2 is 2.26 bits per heavy atom. The Morgan fingerprint density at radius 3 is 2.79 bits per heavy atom. The lowest BCUT2D eigenvalue weighted by atomic mass is 10.0. The third kappa shape index (κ3) is 3.43. The average molecular weight is 285 g/mol. The highest BCUT2D eigenvalue weighted by Crippen LogP contribution is 2.18. The molecule has 2 rings (SSSR count). The minimum Gasteiger partial charge on any atom is -0.381 e. The lowest BCUT2D eigenvalue weighted by molar-refractivity contribution is 0.180. The number of pyridine rings is 1. The number of hydrogen-bond acceptors (Lipinski definition) is 5. The van der Waals surface area contributed by atoms with Crippen molar-refractivity contribution in [1.82, 2.24) is 9.71 Å². The van der Waals surface area contributed by atoms with Crippen molar-refractivity contribution in [3.63, 3.8) is 0 Å². The Bertz CT molecular complexity index is 510. The van der Waals surface area contributed by atoms with Gasteiger partial charge < -0.3 is 10.1 Å². The molecular formula is C12H19N3O3S. The van der Waals surface area contributed by atoms with E-state index in [9.17, 15) is 8.42 Å². The van der Waals surface area contributed by atoms with Crippen LogP contribution in [0.3, 0.4) is 0 Å². The molecule has 1 aliphatic rings. The fraction of sp³-hybridized carbons (Fsp3) is 0.583. The van der Waals surface area contributed by atoms with E-state index in [2.05, 4.69) is 15.0 Å². The van der Waals surface area contributed by atoms with E-state index in [1.165, 1.54) is 6.20 Å². The summed E-state index contributed by atoms with van der Waals surface area (Å²) < 4.78 is 32.3. The summed E-state index contributed by atoms with van der Waals surface area (Å²) in [5, 5.41) is 2.85. The Morgan fingerprint density at radius 1 is 1.47 bits per heavy atom. The molecule has 2 unspecified atom stereocenters. The summed E-state index contributed by atoms with van der Waals surface area (Å²) in [6.45, 7) is 3.18. The number of aromatic nitrogens is 1. The molecule has 0 spiro atoms. The molecule has 6 nitrogen and oxygen atoms in total. The van der Waals surface area contributed by atoms with Crippen LogP contribution in [0.5, 0.6) is 0 Å². The molecule has 106 valence electrons. The smallest absolute Gasteiger partial charge is 0.242 e. The number of ether oxygens (including phenoxy) is 1. The summed E-state index contributed by atoms with van der Waals surface area (Å²) in [5.41, 5.74) is 0. The summed E-state index contributed by atoms with van der Waals surface area (Å²) in [7, 11) is -1.78. The molecule has 2 N–H and O–H groups in total. The van der Waals surface area contributed by atoms with Crippen LogP contribution in [0.25, 0.3) is 0 Å². The number of hydrogen-bond donors (Lipinski definition) is 2. The van der Waals surface area contributed by atoms with Gasteiger partial charge >= 0.3 is 0 Å². The number of nitrogens with one attached hydrogen (secondary N) is 2. The van der Waals surface area contributed by atoms with Crippen LogP contribution in [0, 0.1) is 5.92 Å². The standard InChI is InChI=1S/C12H19N3O3S/c1-9(10-5-6-18-8-10)15-19(16,17)11-3-4-12(13-2)14-7-11/h3-4,7,9-10,15H,5-6,8H2,1-2H3,(H,13,14). The van der Waals surface area contributed by atoms with Crippen LogP contribution in [-0.2, 0) is 14.8 Å². The van der Waals surface area contributed by atoms with E-state index in [0.717, 1.165) is 6.42 Å². The number of anilines is 1. The summed E-state index contributed by atoms with van der Waals surface area (Å²) in [6.07, 6.45) is 2.24. The molecular weight excluding hydrogens is 266 g/mol. The molecule has 1 aliphatic heterocycles. The molecule has 0 aromatic carbocycles. The van der Waals surface area contributed by atoms with Crippen molar-refractivity contribution >= 4 is 15.8 Å². The van der Waals surface area contributed by atoms with Crippen LogP contribution < -0.4 is 10.0 Å². The van der Waals surface area contributed by atoms with E-state index < -0.39 is 10.0 Å². The Balaban J connectivity index is 2.08. The van der Waals surface area contributed by atoms with Gasteiger partial charge in [0, 0.05) is 31.8 Å². The van der Waals surface area contributed by atoms with Gasteiger partial charge in [-0.25, -0.2) is 18.1 Å². The quantitative estimate of drug-likeness (QED) is 0.837. The molecule has 19 heavy (non-hydrogen) atoms. The van der Waals surface area contributed by atoms with Crippen molar-refractivity contribution in [2.75, 3.05) is 25.6 Å². The van der Waals surface area contributed by atoms with Gasteiger partial charge in [-0.1, -0.05) is 0 Å². The van der Waals surface area contributed by atoms with E-state index in [4.69, 9.17) is 4.74 Å². The molecule has 7 heteroatoms. The first-order valence-electron chi connectivity index (χ1n) is 6.27. The zero-order chi connectivity index (χ0) is 13.9. The summed E-state index contributed by atoms with van der Waals surface area (Å²) in [5.74, 6) is 0.871. The van der Waals surface area contributed by atoms with E-state index in [1.807, 2.05) is 6.92 Å². The molecule has 0 amide bonds. The SMILES string of the molecule is CNc1ccc(S(=O)(=O)NC(C)C2CCOC2)cn1. The molecule has 0 saturated carbocycles. The van der Waals surface area contributed by atoms with Crippen molar-refractivity contribution in [3.05, 3.63) is 18.3 Å². The van der Waals surface area contributed by atoms with Gasteiger partial charge in [-0.2, -0.15) is 0 Å². The number of rotatable bonds is 5. The summed E-state index contributed by atoms with van der Waals surface area (Å²) >= 11 is 0. The molecule has 0 radical (unpaired) electrons. The second-order valence-electron chi connectivity index (χ2n) is 4.66. The maximum Gasteiger partial charge on any atom is 0.242 e. The minimum atomic E-state index is -3.52. The highest BCUT2D eigenvalue weighted by molar-refractivity contribution is 7.89. The zero-order valence-electron chi connectivity index (χ0n) is 11.1. The fourth-order valence-corrected chi connectivity index (χ4v) is 3.30. The molecule has 2 heterocycles. The molecule has 2 atom stereocenters. The highest BCUT2D eigenvalue weighted by Gasteiger charge is 2.26. The fourth-order valence-electron chi connectivity index (χ4n) is 2.04.